The van der Waals surface area contributed by atoms with Crippen molar-refractivity contribution in [1.82, 2.24) is 9.71 Å². The Hall–Kier alpha value is -0.400. The summed E-state index contributed by atoms with van der Waals surface area (Å²) in [6.45, 7) is 2.10. The molecule has 0 aliphatic heterocycles. The van der Waals surface area contributed by atoms with Gasteiger partial charge in [-0.05, 0) is 18.4 Å². The summed E-state index contributed by atoms with van der Waals surface area (Å²) in [6, 6.07) is 1.25. The Balaban J connectivity index is 2.77. The Morgan fingerprint density at radius 3 is 2.72 bits per heavy atom. The predicted molar refractivity (Wildman–Crippen MR) is 70.3 cm³/mol. The van der Waals surface area contributed by atoms with Gasteiger partial charge in [-0.25, -0.2) is 18.1 Å². The van der Waals surface area contributed by atoms with Crippen LogP contribution in [0.1, 0.15) is 13.3 Å². The van der Waals surface area contributed by atoms with Gasteiger partial charge in [0.1, 0.15) is 10.0 Å². The van der Waals surface area contributed by atoms with Crippen LogP contribution in [0.3, 0.4) is 0 Å². The molecule has 8 heteroatoms. The van der Waals surface area contributed by atoms with Crippen molar-refractivity contribution in [1.29, 1.82) is 0 Å². The molecule has 2 N–H and O–H groups in total. The van der Waals surface area contributed by atoms with Gasteiger partial charge in [-0.15, -0.1) is 0 Å². The number of nitrogens with zero attached hydrogens (tertiary/aromatic N) is 1. The summed E-state index contributed by atoms with van der Waals surface area (Å²) in [5, 5.41) is 8.88. The van der Waals surface area contributed by atoms with Gasteiger partial charge in [0.2, 0.25) is 10.0 Å². The second kappa shape index (κ2) is 6.68. The first-order valence-electron chi connectivity index (χ1n) is 5.28. The molecular formula is C10H14Cl2N2O3S. The van der Waals surface area contributed by atoms with Gasteiger partial charge in [0.25, 0.3) is 0 Å². The lowest BCUT2D eigenvalue weighted by molar-refractivity contribution is 0.263. The van der Waals surface area contributed by atoms with Crippen LogP contribution in [-0.2, 0) is 10.0 Å². The van der Waals surface area contributed by atoms with Gasteiger partial charge in [-0.1, -0.05) is 30.1 Å². The summed E-state index contributed by atoms with van der Waals surface area (Å²) in [4.78, 5) is 3.65. The van der Waals surface area contributed by atoms with Gasteiger partial charge < -0.3 is 5.11 Å². The van der Waals surface area contributed by atoms with Gasteiger partial charge in [0.15, 0.2) is 0 Å². The van der Waals surface area contributed by atoms with Gasteiger partial charge in [-0.3, -0.25) is 0 Å². The minimum absolute atomic E-state index is 0.0250. The molecule has 0 aromatic carbocycles. The Bertz CT molecular complexity index is 508. The third kappa shape index (κ3) is 4.37. The summed E-state index contributed by atoms with van der Waals surface area (Å²) in [6.07, 6.45) is 1.68. The number of aromatic nitrogens is 1. The zero-order valence-corrected chi connectivity index (χ0v) is 12.1. The number of nitrogens with one attached hydrogen (secondary N) is 1. The van der Waals surface area contributed by atoms with E-state index in [9.17, 15) is 8.42 Å². The topological polar surface area (TPSA) is 79.3 Å². The number of hydrogen-bond donors (Lipinski definition) is 2. The van der Waals surface area contributed by atoms with Crippen molar-refractivity contribution in [3.63, 3.8) is 0 Å². The maximum absolute atomic E-state index is 11.9. The zero-order valence-electron chi connectivity index (χ0n) is 9.73. The van der Waals surface area contributed by atoms with Crippen LogP contribution in [0.15, 0.2) is 17.2 Å². The number of aliphatic hydroxyl groups excluding tert-OH is 1. The molecule has 1 rings (SSSR count). The Morgan fingerprint density at radius 1 is 1.50 bits per heavy atom. The first kappa shape index (κ1) is 15.7. The number of sulfonamides is 1. The van der Waals surface area contributed by atoms with Crippen LogP contribution >= 0.6 is 23.2 Å². The molecule has 0 amide bonds. The molecule has 0 spiro atoms. The van der Waals surface area contributed by atoms with Crippen molar-refractivity contribution >= 4 is 33.2 Å². The number of halogens is 2. The van der Waals surface area contributed by atoms with Crippen molar-refractivity contribution in [2.24, 2.45) is 5.92 Å². The molecule has 1 unspecified atom stereocenters. The van der Waals surface area contributed by atoms with E-state index >= 15 is 0 Å². The van der Waals surface area contributed by atoms with E-state index in [0.29, 0.717) is 6.42 Å². The quantitative estimate of drug-likeness (QED) is 0.783. The van der Waals surface area contributed by atoms with Crippen molar-refractivity contribution < 1.29 is 13.5 Å². The molecule has 0 bridgehead atoms. The molecule has 0 aliphatic carbocycles. The molecule has 0 saturated carbocycles. The second-order valence-electron chi connectivity index (χ2n) is 3.91. The molecule has 18 heavy (non-hydrogen) atoms. The van der Waals surface area contributed by atoms with Gasteiger partial charge in [0, 0.05) is 19.3 Å². The molecule has 1 atom stereocenters. The summed E-state index contributed by atoms with van der Waals surface area (Å²) >= 11 is 11.3. The van der Waals surface area contributed by atoms with Crippen molar-refractivity contribution in [3.8, 4) is 0 Å². The molecule has 1 heterocycles. The fourth-order valence-electron chi connectivity index (χ4n) is 1.21. The van der Waals surface area contributed by atoms with E-state index in [4.69, 9.17) is 28.3 Å². The highest BCUT2D eigenvalue weighted by molar-refractivity contribution is 7.89. The minimum atomic E-state index is -3.65. The van der Waals surface area contributed by atoms with Crippen LogP contribution in [0.25, 0.3) is 0 Å². The summed E-state index contributed by atoms with van der Waals surface area (Å²) in [7, 11) is -3.65. The SMILES string of the molecule is CC(CCO)CNS(=O)(=O)c1cnc(Cl)c(Cl)c1. The maximum atomic E-state index is 11.9. The predicted octanol–water partition coefficient (Wildman–Crippen LogP) is 1.69. The highest BCUT2D eigenvalue weighted by atomic mass is 35.5. The van der Waals surface area contributed by atoms with E-state index < -0.39 is 10.0 Å². The van der Waals surface area contributed by atoms with Crippen LogP contribution in [0.5, 0.6) is 0 Å². The summed E-state index contributed by atoms with van der Waals surface area (Å²) < 4.78 is 26.2. The van der Waals surface area contributed by atoms with Crippen LogP contribution < -0.4 is 4.72 Å². The molecule has 0 fully saturated rings. The van der Waals surface area contributed by atoms with E-state index in [1.807, 2.05) is 6.92 Å². The van der Waals surface area contributed by atoms with E-state index in [1.165, 1.54) is 6.07 Å². The molecule has 5 nitrogen and oxygen atoms in total. The number of hydrogen-bond acceptors (Lipinski definition) is 4. The lowest BCUT2D eigenvalue weighted by Gasteiger charge is -2.11. The fourth-order valence-corrected chi connectivity index (χ4v) is 2.68. The highest BCUT2D eigenvalue weighted by Gasteiger charge is 2.17. The van der Waals surface area contributed by atoms with E-state index in [0.717, 1.165) is 6.20 Å². The lowest BCUT2D eigenvalue weighted by Crippen LogP contribution is -2.28. The molecule has 0 saturated heterocycles. The average Bonchev–Trinajstić information content (AvgIpc) is 2.30. The second-order valence-corrected chi connectivity index (χ2v) is 6.45. The van der Waals surface area contributed by atoms with Crippen LogP contribution in [-0.4, -0.2) is 31.7 Å². The highest BCUT2D eigenvalue weighted by Crippen LogP contribution is 2.22. The average molecular weight is 313 g/mol. The molecule has 102 valence electrons. The van der Waals surface area contributed by atoms with Crippen molar-refractivity contribution in [2.45, 2.75) is 18.2 Å². The van der Waals surface area contributed by atoms with Crippen molar-refractivity contribution in [2.75, 3.05) is 13.2 Å². The van der Waals surface area contributed by atoms with Crippen LogP contribution in [0.2, 0.25) is 10.2 Å². The molecule has 0 radical (unpaired) electrons. The van der Waals surface area contributed by atoms with E-state index in [2.05, 4.69) is 9.71 Å². The summed E-state index contributed by atoms with van der Waals surface area (Å²) in [5.74, 6) is 0.0421. The van der Waals surface area contributed by atoms with E-state index in [1.54, 1.807) is 0 Å². The number of aliphatic hydroxyl groups is 1. The first-order chi connectivity index (χ1) is 8.36. The number of pyridine rings is 1. The number of rotatable bonds is 6. The van der Waals surface area contributed by atoms with Gasteiger partial charge in [0.05, 0.1) is 5.02 Å². The van der Waals surface area contributed by atoms with Gasteiger partial charge in [-0.2, -0.15) is 0 Å². The van der Waals surface area contributed by atoms with Crippen LogP contribution in [0.4, 0.5) is 0 Å². The van der Waals surface area contributed by atoms with Crippen LogP contribution in [0, 0.1) is 5.92 Å². The largest absolute Gasteiger partial charge is 0.396 e. The monoisotopic (exact) mass is 312 g/mol. The van der Waals surface area contributed by atoms with E-state index in [-0.39, 0.29) is 34.1 Å². The minimum Gasteiger partial charge on any atom is -0.396 e. The third-order valence-corrected chi connectivity index (χ3v) is 4.40. The smallest absolute Gasteiger partial charge is 0.242 e. The standard InChI is InChI=1S/C10H14Cl2N2O3S/c1-7(2-3-15)5-14-18(16,17)8-4-9(11)10(12)13-6-8/h4,6-7,14-15H,2-3,5H2,1H3. The fraction of sp³-hybridized carbons (Fsp3) is 0.500. The van der Waals surface area contributed by atoms with Crippen molar-refractivity contribution in [3.05, 3.63) is 22.4 Å². The third-order valence-electron chi connectivity index (χ3n) is 2.33. The molecule has 1 aromatic heterocycles. The van der Waals surface area contributed by atoms with Gasteiger partial charge >= 0.3 is 0 Å². The zero-order chi connectivity index (χ0) is 13.8. The molecule has 1 aromatic rings. The maximum Gasteiger partial charge on any atom is 0.242 e. The Morgan fingerprint density at radius 2 is 2.17 bits per heavy atom. The Kier molecular flexibility index (Phi) is 5.81. The first-order valence-corrected chi connectivity index (χ1v) is 7.52. The molecular weight excluding hydrogens is 299 g/mol. The Labute approximate surface area is 116 Å². The summed E-state index contributed by atoms with van der Waals surface area (Å²) in [5.41, 5.74) is 0. The molecule has 0 aliphatic rings. The normalized spacial score (nSPS) is 13.6. The lowest BCUT2D eigenvalue weighted by atomic mass is 10.1.